The molecule has 3 rings (SSSR count). The van der Waals surface area contributed by atoms with Crippen molar-refractivity contribution in [3.8, 4) is 0 Å². The maximum atomic E-state index is 12.2. The van der Waals surface area contributed by atoms with Crippen molar-refractivity contribution in [3.05, 3.63) is 0 Å². The van der Waals surface area contributed by atoms with Gasteiger partial charge in [0.15, 0.2) is 0 Å². The van der Waals surface area contributed by atoms with Crippen LogP contribution in [0.1, 0.15) is 32.1 Å². The maximum absolute atomic E-state index is 12.2. The second-order valence-electron chi connectivity index (χ2n) is 5.52. The molecule has 4 heteroatoms. The Bertz CT molecular complexity index is 289. The van der Waals surface area contributed by atoms with Gasteiger partial charge in [-0.25, -0.2) is 0 Å². The molecule has 3 atom stereocenters. The number of rotatable bonds is 3. The molecule has 3 aliphatic rings. The average molecular weight is 238 g/mol. The van der Waals surface area contributed by atoms with Crippen molar-refractivity contribution in [3.63, 3.8) is 0 Å². The summed E-state index contributed by atoms with van der Waals surface area (Å²) in [5, 5.41) is 3.48. The van der Waals surface area contributed by atoms with Crippen molar-refractivity contribution >= 4 is 5.91 Å². The van der Waals surface area contributed by atoms with Crippen LogP contribution in [0.3, 0.4) is 0 Å². The third-order valence-corrected chi connectivity index (χ3v) is 4.38. The minimum Gasteiger partial charge on any atom is -0.378 e. The van der Waals surface area contributed by atoms with E-state index in [2.05, 4.69) is 10.2 Å². The first-order valence-corrected chi connectivity index (χ1v) is 6.98. The van der Waals surface area contributed by atoms with E-state index in [9.17, 15) is 4.79 Å². The van der Waals surface area contributed by atoms with E-state index in [0.717, 1.165) is 45.5 Å². The van der Waals surface area contributed by atoms with Gasteiger partial charge in [0, 0.05) is 25.7 Å². The van der Waals surface area contributed by atoms with Gasteiger partial charge in [0.05, 0.1) is 12.0 Å². The Hall–Kier alpha value is -0.610. The van der Waals surface area contributed by atoms with Gasteiger partial charge in [-0.05, 0) is 38.6 Å². The summed E-state index contributed by atoms with van der Waals surface area (Å²) in [6, 6.07) is 0.417. The van der Waals surface area contributed by atoms with E-state index in [1.54, 1.807) is 0 Å². The summed E-state index contributed by atoms with van der Waals surface area (Å²) in [5.41, 5.74) is 0. The van der Waals surface area contributed by atoms with Crippen molar-refractivity contribution in [2.45, 2.75) is 44.2 Å². The molecule has 3 unspecified atom stereocenters. The Balaban J connectivity index is 1.51. The zero-order valence-electron chi connectivity index (χ0n) is 10.4. The van der Waals surface area contributed by atoms with E-state index in [1.807, 2.05) is 0 Å². The molecular formula is C13H22N2O2. The summed E-state index contributed by atoms with van der Waals surface area (Å²) in [6.45, 7) is 3.79. The first-order valence-electron chi connectivity index (χ1n) is 6.98. The Morgan fingerprint density at radius 1 is 1.35 bits per heavy atom. The number of nitrogens with one attached hydrogen (secondary N) is 1. The summed E-state index contributed by atoms with van der Waals surface area (Å²) in [4.78, 5) is 14.2. The van der Waals surface area contributed by atoms with Crippen LogP contribution in [0.25, 0.3) is 0 Å². The van der Waals surface area contributed by atoms with Crippen LogP contribution in [0, 0.1) is 5.92 Å². The molecule has 3 fully saturated rings. The smallest absolute Gasteiger partial charge is 0.227 e. The third-order valence-electron chi connectivity index (χ3n) is 4.38. The summed E-state index contributed by atoms with van der Waals surface area (Å²) in [5.74, 6) is 0.633. The molecule has 1 N–H and O–H groups in total. The molecule has 96 valence electrons. The number of likely N-dealkylation sites (tertiary alicyclic amines) is 1. The van der Waals surface area contributed by atoms with Crippen molar-refractivity contribution in [1.29, 1.82) is 0 Å². The van der Waals surface area contributed by atoms with Crippen molar-refractivity contribution < 1.29 is 9.53 Å². The Labute approximate surface area is 103 Å². The quantitative estimate of drug-likeness (QED) is 0.789. The van der Waals surface area contributed by atoms with Crippen molar-refractivity contribution in [1.82, 2.24) is 10.2 Å². The highest BCUT2D eigenvalue weighted by molar-refractivity contribution is 5.82. The number of carbonyl (C=O) groups is 1. The molecule has 0 aliphatic carbocycles. The molecule has 0 aromatic rings. The molecule has 3 heterocycles. The third kappa shape index (κ3) is 2.33. The topological polar surface area (TPSA) is 41.6 Å². The van der Waals surface area contributed by atoms with E-state index < -0.39 is 0 Å². The second-order valence-corrected chi connectivity index (χ2v) is 5.52. The lowest BCUT2D eigenvalue weighted by molar-refractivity contribution is -0.131. The standard InChI is InChI=1S/C13H22N2O2/c16-13-11-4-1-6-14-12(11)9-15(13)7-5-10-3-2-8-17-10/h10-12,14H,1-9H2. The molecule has 0 bridgehead atoms. The molecule has 0 aromatic heterocycles. The highest BCUT2D eigenvalue weighted by Crippen LogP contribution is 2.27. The number of hydrogen-bond acceptors (Lipinski definition) is 3. The highest BCUT2D eigenvalue weighted by Gasteiger charge is 2.41. The lowest BCUT2D eigenvalue weighted by Crippen LogP contribution is -2.41. The van der Waals surface area contributed by atoms with Crippen LogP contribution >= 0.6 is 0 Å². The van der Waals surface area contributed by atoms with Gasteiger partial charge in [0.1, 0.15) is 0 Å². The Kier molecular flexibility index (Phi) is 3.34. The molecule has 0 saturated carbocycles. The number of piperidine rings is 1. The van der Waals surface area contributed by atoms with Crippen LogP contribution in [-0.4, -0.2) is 49.2 Å². The van der Waals surface area contributed by atoms with Crippen LogP contribution in [0.2, 0.25) is 0 Å². The van der Waals surface area contributed by atoms with E-state index in [-0.39, 0.29) is 5.92 Å². The fraction of sp³-hybridized carbons (Fsp3) is 0.923. The molecule has 4 nitrogen and oxygen atoms in total. The van der Waals surface area contributed by atoms with Crippen LogP contribution in [0.15, 0.2) is 0 Å². The number of fused-ring (bicyclic) bond motifs is 1. The van der Waals surface area contributed by atoms with Gasteiger partial charge in [-0.3, -0.25) is 4.79 Å². The zero-order chi connectivity index (χ0) is 11.7. The van der Waals surface area contributed by atoms with Gasteiger partial charge >= 0.3 is 0 Å². The number of hydrogen-bond donors (Lipinski definition) is 1. The van der Waals surface area contributed by atoms with E-state index in [4.69, 9.17) is 4.74 Å². The summed E-state index contributed by atoms with van der Waals surface area (Å²) < 4.78 is 5.61. The van der Waals surface area contributed by atoms with Crippen LogP contribution in [0.4, 0.5) is 0 Å². The van der Waals surface area contributed by atoms with Gasteiger partial charge in [-0.15, -0.1) is 0 Å². The summed E-state index contributed by atoms with van der Waals surface area (Å²) in [7, 11) is 0. The minimum atomic E-state index is 0.258. The van der Waals surface area contributed by atoms with Crippen LogP contribution in [-0.2, 0) is 9.53 Å². The van der Waals surface area contributed by atoms with Gasteiger partial charge in [-0.2, -0.15) is 0 Å². The molecular weight excluding hydrogens is 216 g/mol. The maximum Gasteiger partial charge on any atom is 0.227 e. The first kappa shape index (κ1) is 11.5. The van der Waals surface area contributed by atoms with Crippen molar-refractivity contribution in [2.75, 3.05) is 26.2 Å². The molecule has 1 amide bonds. The highest BCUT2D eigenvalue weighted by atomic mass is 16.5. The lowest BCUT2D eigenvalue weighted by atomic mass is 9.94. The van der Waals surface area contributed by atoms with Crippen molar-refractivity contribution in [2.24, 2.45) is 5.92 Å². The largest absolute Gasteiger partial charge is 0.378 e. The number of amides is 1. The van der Waals surface area contributed by atoms with E-state index >= 15 is 0 Å². The lowest BCUT2D eigenvalue weighted by Gasteiger charge is -2.23. The monoisotopic (exact) mass is 238 g/mol. The summed E-state index contributed by atoms with van der Waals surface area (Å²) in [6.07, 6.45) is 6.00. The fourth-order valence-electron chi connectivity index (χ4n) is 3.38. The first-order chi connectivity index (χ1) is 8.34. The SMILES string of the molecule is O=C1C2CCCNC2CN1CCC1CCCO1. The van der Waals surface area contributed by atoms with Crippen LogP contribution < -0.4 is 5.32 Å². The van der Waals surface area contributed by atoms with Gasteiger partial charge < -0.3 is 15.0 Å². The van der Waals surface area contributed by atoms with Gasteiger partial charge in [0.2, 0.25) is 5.91 Å². The predicted octanol–water partition coefficient (Wildman–Crippen LogP) is 0.766. The number of ether oxygens (including phenoxy) is 1. The fourth-order valence-corrected chi connectivity index (χ4v) is 3.38. The normalized spacial score (nSPS) is 37.5. The molecule has 0 radical (unpaired) electrons. The zero-order valence-corrected chi connectivity index (χ0v) is 10.4. The molecule has 3 aliphatic heterocycles. The Morgan fingerprint density at radius 3 is 3.06 bits per heavy atom. The molecule has 17 heavy (non-hydrogen) atoms. The van der Waals surface area contributed by atoms with Gasteiger partial charge in [0.25, 0.3) is 0 Å². The predicted molar refractivity (Wildman–Crippen MR) is 64.7 cm³/mol. The van der Waals surface area contributed by atoms with E-state index in [0.29, 0.717) is 18.1 Å². The molecule has 0 spiro atoms. The van der Waals surface area contributed by atoms with Gasteiger partial charge in [-0.1, -0.05) is 0 Å². The number of carbonyl (C=O) groups excluding carboxylic acids is 1. The summed E-state index contributed by atoms with van der Waals surface area (Å²) >= 11 is 0. The minimum absolute atomic E-state index is 0.258. The Morgan fingerprint density at radius 2 is 2.29 bits per heavy atom. The van der Waals surface area contributed by atoms with E-state index in [1.165, 1.54) is 12.8 Å². The number of nitrogens with zero attached hydrogens (tertiary/aromatic N) is 1. The second kappa shape index (κ2) is 4.94. The molecule has 3 saturated heterocycles. The van der Waals surface area contributed by atoms with Crippen LogP contribution in [0.5, 0.6) is 0 Å². The average Bonchev–Trinajstić information content (AvgIpc) is 2.96. The molecule has 0 aromatic carbocycles.